The molecule has 0 atom stereocenters. The van der Waals surface area contributed by atoms with Crippen molar-refractivity contribution in [2.24, 2.45) is 0 Å². The van der Waals surface area contributed by atoms with E-state index in [0.29, 0.717) is 12.2 Å². The Kier molecular flexibility index (Phi) is 8.82. The average Bonchev–Trinajstić information content (AvgIpc) is 2.75. The van der Waals surface area contributed by atoms with Gasteiger partial charge in [-0.15, -0.1) is 0 Å². The number of hydrogen-bond acceptors (Lipinski definition) is 2. The van der Waals surface area contributed by atoms with Crippen molar-refractivity contribution in [3.63, 3.8) is 0 Å². The summed E-state index contributed by atoms with van der Waals surface area (Å²) < 4.78 is 5.39. The maximum atomic E-state index is 11.8. The number of hydrogen-bond donors (Lipinski definition) is 0. The van der Waals surface area contributed by atoms with E-state index in [2.05, 4.69) is 97.6 Å². The van der Waals surface area contributed by atoms with Crippen molar-refractivity contribution in [2.45, 2.75) is 13.3 Å². The van der Waals surface area contributed by atoms with Crippen LogP contribution in [0.5, 0.6) is 0 Å². The van der Waals surface area contributed by atoms with Gasteiger partial charge in [0, 0.05) is 12.0 Å². The second-order valence-corrected chi connectivity index (χ2v) is 10.4. The zero-order valence-corrected chi connectivity index (χ0v) is 19.1. The minimum Gasteiger partial charge on any atom is -1.00 e. The van der Waals surface area contributed by atoms with Crippen molar-refractivity contribution >= 4 is 29.1 Å². The van der Waals surface area contributed by atoms with Crippen LogP contribution in [0.25, 0.3) is 0 Å². The second-order valence-electron chi connectivity index (χ2n) is 6.81. The summed E-state index contributed by atoms with van der Waals surface area (Å²) in [4.78, 5) is 11.8. The Labute approximate surface area is 184 Å². The molecular formula is C25H26BrO2P. The first-order valence-electron chi connectivity index (χ1n) is 9.52. The zero-order valence-electron chi connectivity index (χ0n) is 16.6. The zero-order chi connectivity index (χ0) is 19.8. The van der Waals surface area contributed by atoms with E-state index in [-0.39, 0.29) is 23.0 Å². The molecule has 0 amide bonds. The lowest BCUT2D eigenvalue weighted by Crippen LogP contribution is -3.00. The monoisotopic (exact) mass is 468 g/mol. The lowest BCUT2D eigenvalue weighted by atomic mass is 10.3. The Morgan fingerprint density at radius 1 is 0.793 bits per heavy atom. The van der Waals surface area contributed by atoms with Gasteiger partial charge in [0.25, 0.3) is 0 Å². The van der Waals surface area contributed by atoms with Crippen LogP contribution < -0.4 is 32.9 Å². The van der Waals surface area contributed by atoms with E-state index < -0.39 is 7.26 Å². The van der Waals surface area contributed by atoms with Crippen LogP contribution in [-0.4, -0.2) is 18.7 Å². The summed E-state index contributed by atoms with van der Waals surface area (Å²) in [6.45, 7) is 5.74. The SMILES string of the molecule is C=C(C)C(=O)OCCC[P+](c1ccccc1)(c1ccccc1)c1ccccc1.[Br-]. The lowest BCUT2D eigenvalue weighted by molar-refractivity contribution is -0.138. The standard InChI is InChI=1S/C25H26O2P.BrH/c1-21(2)25(26)27-19-12-20-28(22-13-6-3-7-14-22,23-15-8-4-9-16-23)24-17-10-5-11-18-24;/h3-11,13-18H,1,12,19-20H2,2H3;1H/q+1;/p-1. The number of halogens is 1. The summed E-state index contributed by atoms with van der Waals surface area (Å²) in [7, 11) is -1.85. The first-order valence-corrected chi connectivity index (χ1v) is 11.5. The molecule has 0 aliphatic heterocycles. The van der Waals surface area contributed by atoms with Gasteiger partial charge in [0.2, 0.25) is 0 Å². The van der Waals surface area contributed by atoms with Crippen molar-refractivity contribution in [2.75, 3.05) is 12.8 Å². The van der Waals surface area contributed by atoms with Gasteiger partial charge in [-0.05, 0) is 43.3 Å². The molecule has 150 valence electrons. The van der Waals surface area contributed by atoms with Gasteiger partial charge in [-0.1, -0.05) is 61.2 Å². The summed E-state index contributed by atoms with van der Waals surface area (Å²) in [5.41, 5.74) is 0.440. The van der Waals surface area contributed by atoms with E-state index in [4.69, 9.17) is 4.74 Å². The molecule has 0 aliphatic rings. The fourth-order valence-corrected chi connectivity index (χ4v) is 7.79. The van der Waals surface area contributed by atoms with Crippen molar-refractivity contribution < 1.29 is 26.5 Å². The summed E-state index contributed by atoms with van der Waals surface area (Å²) in [5.74, 6) is -0.317. The lowest BCUT2D eigenvalue weighted by Gasteiger charge is -2.27. The normalized spacial score (nSPS) is 10.7. The molecule has 0 saturated carbocycles. The van der Waals surface area contributed by atoms with Crippen LogP contribution in [0, 0.1) is 0 Å². The number of carbonyl (C=O) groups is 1. The highest BCUT2D eigenvalue weighted by atomic mass is 79.9. The van der Waals surface area contributed by atoms with Crippen molar-refractivity contribution in [3.05, 3.63) is 103 Å². The molecular weight excluding hydrogens is 443 g/mol. The summed E-state index contributed by atoms with van der Waals surface area (Å²) in [6, 6.07) is 32.2. The molecule has 0 aromatic heterocycles. The fourth-order valence-electron chi connectivity index (χ4n) is 3.47. The molecule has 0 saturated heterocycles. The summed E-state index contributed by atoms with van der Waals surface area (Å²) >= 11 is 0. The predicted molar refractivity (Wildman–Crippen MR) is 120 cm³/mol. The quantitative estimate of drug-likeness (QED) is 0.216. The molecule has 3 aromatic carbocycles. The Morgan fingerprint density at radius 2 is 1.17 bits per heavy atom. The molecule has 4 heteroatoms. The van der Waals surface area contributed by atoms with E-state index in [1.807, 2.05) is 0 Å². The van der Waals surface area contributed by atoms with Crippen LogP contribution in [0.4, 0.5) is 0 Å². The Balaban J connectivity index is 0.00000300. The van der Waals surface area contributed by atoms with Crippen LogP contribution in [0.1, 0.15) is 13.3 Å². The summed E-state index contributed by atoms with van der Waals surface area (Å²) in [5, 5.41) is 4.04. The van der Waals surface area contributed by atoms with Crippen molar-refractivity contribution in [3.8, 4) is 0 Å². The van der Waals surface area contributed by atoms with Crippen LogP contribution in [0.15, 0.2) is 103 Å². The Bertz CT molecular complexity index is 815. The van der Waals surface area contributed by atoms with Gasteiger partial charge in [0.1, 0.15) is 23.2 Å². The predicted octanol–water partition coefficient (Wildman–Crippen LogP) is 1.49. The maximum Gasteiger partial charge on any atom is 0.333 e. The largest absolute Gasteiger partial charge is 1.00 e. The number of carbonyl (C=O) groups excluding carboxylic acids is 1. The average molecular weight is 469 g/mol. The third-order valence-electron chi connectivity index (χ3n) is 4.81. The summed E-state index contributed by atoms with van der Waals surface area (Å²) in [6.07, 6.45) is 1.74. The number of rotatable bonds is 8. The molecule has 3 rings (SSSR count). The number of ether oxygens (including phenoxy) is 1. The molecule has 0 N–H and O–H groups in total. The highest BCUT2D eigenvalue weighted by Crippen LogP contribution is 2.55. The fraction of sp³-hybridized carbons (Fsp3) is 0.160. The van der Waals surface area contributed by atoms with Gasteiger partial charge in [-0.25, -0.2) is 4.79 Å². The Morgan fingerprint density at radius 3 is 1.52 bits per heavy atom. The van der Waals surface area contributed by atoms with Crippen LogP contribution in [0.3, 0.4) is 0 Å². The van der Waals surface area contributed by atoms with E-state index >= 15 is 0 Å². The maximum absolute atomic E-state index is 11.8. The highest BCUT2D eigenvalue weighted by molar-refractivity contribution is 7.95. The number of benzene rings is 3. The van der Waals surface area contributed by atoms with E-state index in [0.717, 1.165) is 12.6 Å². The molecule has 2 nitrogen and oxygen atoms in total. The van der Waals surface area contributed by atoms with Gasteiger partial charge in [0.15, 0.2) is 0 Å². The van der Waals surface area contributed by atoms with Gasteiger partial charge >= 0.3 is 5.97 Å². The third kappa shape index (κ3) is 5.44. The van der Waals surface area contributed by atoms with Crippen molar-refractivity contribution in [1.29, 1.82) is 0 Å². The minimum absolute atomic E-state index is 0. The molecule has 0 spiro atoms. The first-order chi connectivity index (χ1) is 13.6. The van der Waals surface area contributed by atoms with Crippen LogP contribution >= 0.6 is 7.26 Å². The molecule has 0 bridgehead atoms. The van der Waals surface area contributed by atoms with Gasteiger partial charge in [-0.2, -0.15) is 0 Å². The molecule has 0 radical (unpaired) electrons. The van der Waals surface area contributed by atoms with Gasteiger partial charge < -0.3 is 21.7 Å². The topological polar surface area (TPSA) is 26.3 Å². The molecule has 29 heavy (non-hydrogen) atoms. The highest BCUT2D eigenvalue weighted by Gasteiger charge is 2.44. The van der Waals surface area contributed by atoms with Crippen LogP contribution in [-0.2, 0) is 9.53 Å². The molecule has 3 aromatic rings. The number of esters is 1. The Hall–Kier alpha value is -2.22. The third-order valence-corrected chi connectivity index (χ3v) is 9.34. The van der Waals surface area contributed by atoms with E-state index in [1.165, 1.54) is 15.9 Å². The second kappa shape index (κ2) is 11.1. The first kappa shape index (κ1) is 23.1. The van der Waals surface area contributed by atoms with E-state index in [9.17, 15) is 4.79 Å². The van der Waals surface area contributed by atoms with E-state index in [1.54, 1.807) is 6.92 Å². The molecule has 0 fully saturated rings. The van der Waals surface area contributed by atoms with Gasteiger partial charge in [-0.3, -0.25) is 0 Å². The molecule has 0 unspecified atom stereocenters. The van der Waals surface area contributed by atoms with Crippen molar-refractivity contribution in [1.82, 2.24) is 0 Å². The smallest absolute Gasteiger partial charge is 0.333 e. The minimum atomic E-state index is -1.85. The van der Waals surface area contributed by atoms with Crippen LogP contribution in [0.2, 0.25) is 0 Å². The molecule has 0 heterocycles. The van der Waals surface area contributed by atoms with Gasteiger partial charge in [0.05, 0.1) is 12.8 Å². The molecule has 0 aliphatic carbocycles.